The van der Waals surface area contributed by atoms with Crippen molar-refractivity contribution in [1.29, 1.82) is 0 Å². The third-order valence-electron chi connectivity index (χ3n) is 13.5. The molecule has 472 valence electrons. The second-order valence-corrected chi connectivity index (χ2v) is 23.4. The molecule has 0 fully saturated rings. The fourth-order valence-corrected chi connectivity index (χ4v) is 10.4. The highest BCUT2D eigenvalue weighted by Crippen LogP contribution is 2.40. The van der Waals surface area contributed by atoms with Crippen LogP contribution in [0.5, 0.6) is 0 Å². The van der Waals surface area contributed by atoms with Crippen LogP contribution in [-0.4, -0.2) is 183 Å². The third kappa shape index (κ3) is 61.5. The second-order valence-electron chi connectivity index (χ2n) is 22.0. The van der Waals surface area contributed by atoms with Gasteiger partial charge in [-0.2, -0.15) is 0 Å². The maximum absolute atomic E-state index is 12.9. The van der Waals surface area contributed by atoms with Crippen molar-refractivity contribution in [2.75, 3.05) is 139 Å². The first-order valence-corrected chi connectivity index (χ1v) is 33.3. The van der Waals surface area contributed by atoms with E-state index in [1.165, 1.54) is 167 Å². The summed E-state index contributed by atoms with van der Waals surface area (Å²) in [5, 5.41) is 31.4. The van der Waals surface area contributed by atoms with Crippen LogP contribution in [0.2, 0.25) is 0 Å². The summed E-state index contributed by atoms with van der Waals surface area (Å²) in [6.07, 6.45) is 41.9. The van der Waals surface area contributed by atoms with Crippen molar-refractivity contribution >= 4 is 7.82 Å². The molecule has 0 spiro atoms. The van der Waals surface area contributed by atoms with Crippen LogP contribution in [0.4, 0.5) is 0 Å². The number of hydrogen-bond acceptors (Lipinski definition) is 15. The first-order valence-electron chi connectivity index (χ1n) is 31.9. The van der Waals surface area contributed by atoms with Crippen molar-refractivity contribution in [2.24, 2.45) is 0 Å². The molecule has 5 atom stereocenters. The molecule has 0 aromatic carbocycles. The van der Waals surface area contributed by atoms with Gasteiger partial charge in [-0.3, -0.25) is 4.57 Å². The summed E-state index contributed by atoms with van der Waals surface area (Å²) in [6.45, 7) is 14.3. The monoisotopic (exact) mass is 1150 g/mol. The van der Waals surface area contributed by atoms with Crippen LogP contribution in [0.3, 0.4) is 0 Å². The van der Waals surface area contributed by atoms with Gasteiger partial charge in [0.2, 0.25) is 0 Å². The van der Waals surface area contributed by atoms with Crippen LogP contribution >= 0.6 is 7.82 Å². The van der Waals surface area contributed by atoms with Gasteiger partial charge in [0.1, 0.15) is 37.9 Å². The number of phosphoric acid groups is 1. The number of likely N-dealkylation sites (N-methyl/N-ethyl adjacent to an activating group) is 1. The molecule has 0 radical (unpaired) electrons. The largest absolute Gasteiger partial charge is 0.756 e. The van der Waals surface area contributed by atoms with Crippen molar-refractivity contribution in [1.82, 2.24) is 0 Å². The highest BCUT2D eigenvalue weighted by atomic mass is 31.2. The van der Waals surface area contributed by atoms with Gasteiger partial charge in [-0.25, -0.2) is 0 Å². The summed E-state index contributed by atoms with van der Waals surface area (Å²) in [4.78, 5) is 12.9. The Bertz CT molecular complexity index is 1320. The summed E-state index contributed by atoms with van der Waals surface area (Å²) in [7, 11) is -3.01. The zero-order chi connectivity index (χ0) is 57.9. The van der Waals surface area contributed by atoms with Crippen LogP contribution in [0, 0.1) is 0 Å². The number of aliphatic hydroxyl groups is 3. The summed E-state index contributed by atoms with van der Waals surface area (Å²) in [5.74, 6) is 0. The molecular formula is C62H124NO15P. The molecule has 0 bridgehead atoms. The molecule has 0 rings (SSSR count). The minimum absolute atomic E-state index is 0.00562. The molecule has 0 aliphatic carbocycles. The number of unbranched alkanes of at least 4 members (excludes halogenated alkanes) is 24. The molecule has 0 saturated heterocycles. The number of quaternary nitrogens is 1. The summed E-state index contributed by atoms with van der Waals surface area (Å²) in [6, 6.07) is 0. The number of aliphatic hydroxyl groups excluding tert-OH is 3. The second kappa shape index (κ2) is 60.2. The van der Waals surface area contributed by atoms with Crippen LogP contribution in [-0.2, 0) is 51.5 Å². The van der Waals surface area contributed by atoms with Gasteiger partial charge in [0.15, 0.2) is 0 Å². The number of phosphoric ester groups is 1. The molecule has 0 aliphatic heterocycles. The van der Waals surface area contributed by atoms with E-state index in [0.29, 0.717) is 59.5 Å². The van der Waals surface area contributed by atoms with Gasteiger partial charge in [-0.15, -0.1) is 0 Å². The lowest BCUT2D eigenvalue weighted by Crippen LogP contribution is -2.55. The Labute approximate surface area is 483 Å². The molecule has 16 nitrogen and oxygen atoms in total. The summed E-state index contributed by atoms with van der Waals surface area (Å²) in [5.41, 5.74) is 0. The van der Waals surface area contributed by atoms with Crippen LogP contribution in [0.15, 0.2) is 24.3 Å². The van der Waals surface area contributed by atoms with Crippen molar-refractivity contribution in [3.63, 3.8) is 0 Å². The minimum Gasteiger partial charge on any atom is -0.756 e. The summed E-state index contributed by atoms with van der Waals surface area (Å²) < 4.78 is 68.7. The van der Waals surface area contributed by atoms with Crippen molar-refractivity contribution in [3.8, 4) is 0 Å². The Morgan fingerprint density at radius 3 is 1.04 bits per heavy atom. The topological polar surface area (TPSA) is 193 Å². The number of nitrogens with zero attached hydrogens (tertiary/aromatic N) is 1. The van der Waals surface area contributed by atoms with Gasteiger partial charge in [-0.1, -0.05) is 154 Å². The van der Waals surface area contributed by atoms with Gasteiger partial charge in [0.05, 0.1) is 112 Å². The van der Waals surface area contributed by atoms with Crippen molar-refractivity contribution in [3.05, 3.63) is 24.3 Å². The maximum Gasteiger partial charge on any atom is 0.268 e. The van der Waals surface area contributed by atoms with Crippen LogP contribution in [0.25, 0.3) is 0 Å². The lowest BCUT2D eigenvalue weighted by atomic mass is 10.1. The number of ether oxygens (including phenoxy) is 8. The molecule has 0 saturated carbocycles. The van der Waals surface area contributed by atoms with E-state index in [9.17, 15) is 24.8 Å². The van der Waals surface area contributed by atoms with Gasteiger partial charge in [0, 0.05) is 19.6 Å². The van der Waals surface area contributed by atoms with Gasteiger partial charge in [0.25, 0.3) is 7.82 Å². The molecule has 17 heteroatoms. The van der Waals surface area contributed by atoms with Crippen LogP contribution in [0.1, 0.15) is 214 Å². The standard InChI is InChI=1S/C62H124NO15P/c1-6-8-10-12-14-16-18-20-22-24-26-28-30-32-34-36-38-69-40-42-71-44-45-73-48-49-75-52-53-77-79(67,68)78-62(54-61(66)57-63(5,55-59(3)64)56-60(4)65)58-76-51-50-74-47-46-72-43-41-70-39-37-35-33-31-29-27-25-23-21-19-17-15-13-11-9-7-2/h20-23,59-62,64-66H,6-19,24-58H2,1-5H3/b22-20+,23-21+. The van der Waals surface area contributed by atoms with Gasteiger partial charge in [-0.05, 0) is 78.1 Å². The zero-order valence-electron chi connectivity index (χ0n) is 51.4. The molecular weight excluding hydrogens is 1030 g/mol. The molecule has 0 aliphatic rings. The highest BCUT2D eigenvalue weighted by molar-refractivity contribution is 7.45. The quantitative estimate of drug-likeness (QED) is 0.0225. The lowest BCUT2D eigenvalue weighted by Gasteiger charge is -2.38. The predicted octanol–water partition coefficient (Wildman–Crippen LogP) is 12.0. The van der Waals surface area contributed by atoms with Crippen molar-refractivity contribution in [2.45, 2.75) is 238 Å². The van der Waals surface area contributed by atoms with E-state index in [1.54, 1.807) is 13.8 Å². The highest BCUT2D eigenvalue weighted by Gasteiger charge is 2.31. The Morgan fingerprint density at radius 2 is 0.696 bits per heavy atom. The smallest absolute Gasteiger partial charge is 0.268 e. The number of rotatable bonds is 66. The Hall–Kier alpha value is -0.890. The average molecular weight is 1150 g/mol. The molecule has 0 heterocycles. The van der Waals surface area contributed by atoms with E-state index >= 15 is 0 Å². The van der Waals surface area contributed by atoms with E-state index in [1.807, 2.05) is 7.05 Å². The van der Waals surface area contributed by atoms with Crippen molar-refractivity contribution < 1.29 is 76.2 Å². The molecule has 3 N–H and O–H groups in total. The van der Waals surface area contributed by atoms with E-state index < -0.39 is 32.2 Å². The fraction of sp³-hybridized carbons (Fsp3) is 0.935. The Kier molecular flexibility index (Phi) is 59.6. The average Bonchev–Trinajstić information content (AvgIpc) is 3.39. The minimum atomic E-state index is -4.83. The zero-order valence-corrected chi connectivity index (χ0v) is 52.3. The normalized spacial score (nSPS) is 15.3. The Morgan fingerprint density at radius 1 is 0.405 bits per heavy atom. The summed E-state index contributed by atoms with van der Waals surface area (Å²) >= 11 is 0. The van der Waals surface area contributed by atoms with Crippen LogP contribution < -0.4 is 4.89 Å². The molecule has 79 heavy (non-hydrogen) atoms. The fourth-order valence-electron chi connectivity index (χ4n) is 9.49. The van der Waals surface area contributed by atoms with E-state index in [0.717, 1.165) is 26.1 Å². The predicted molar refractivity (Wildman–Crippen MR) is 319 cm³/mol. The third-order valence-corrected chi connectivity index (χ3v) is 14.5. The first kappa shape index (κ1) is 78.1. The van der Waals surface area contributed by atoms with Gasteiger partial charge < -0.3 is 71.6 Å². The Balaban J connectivity index is 4.17. The lowest BCUT2D eigenvalue weighted by molar-refractivity contribution is -0.917. The maximum atomic E-state index is 12.9. The first-order chi connectivity index (χ1) is 38.4. The molecule has 0 amide bonds. The molecule has 0 aromatic heterocycles. The van der Waals surface area contributed by atoms with Gasteiger partial charge >= 0.3 is 0 Å². The van der Waals surface area contributed by atoms with E-state index in [4.69, 9.17) is 46.9 Å². The van der Waals surface area contributed by atoms with E-state index in [2.05, 4.69) is 38.2 Å². The molecule has 0 aromatic rings. The SMILES string of the molecule is CCCCCCCC/C=C/CCCCCCCCOCCOCCOCCOCCOP(=O)([O-])OC(COCCOCCOCCOCCCCCCCC/C=C/CCCCCCCC)CC(O)C[N+](C)(CC(C)O)CC(C)O. The number of allylic oxidation sites excluding steroid dienone is 4. The molecule has 5 unspecified atom stereocenters. The van der Waals surface area contributed by atoms with E-state index in [-0.39, 0.29) is 70.2 Å². The number of hydrogen-bond donors (Lipinski definition) is 3.